The van der Waals surface area contributed by atoms with Crippen LogP contribution in [-0.2, 0) is 6.42 Å². The van der Waals surface area contributed by atoms with Crippen molar-refractivity contribution in [2.24, 2.45) is 10.7 Å². The van der Waals surface area contributed by atoms with Gasteiger partial charge in [-0.15, -0.1) is 0 Å². The van der Waals surface area contributed by atoms with Gasteiger partial charge in [-0.05, 0) is 80.9 Å². The van der Waals surface area contributed by atoms with Gasteiger partial charge in [-0.2, -0.15) is 0 Å². The number of nitrogens with zero attached hydrogens (tertiary/aromatic N) is 2. The van der Waals surface area contributed by atoms with Crippen molar-refractivity contribution in [3.8, 4) is 33.7 Å². The number of allylic oxidation sites excluding steroid dienone is 6. The second kappa shape index (κ2) is 11.3. The molecule has 1 aromatic heterocycles. The van der Waals surface area contributed by atoms with E-state index >= 15 is 0 Å². The van der Waals surface area contributed by atoms with E-state index in [0.29, 0.717) is 11.4 Å². The minimum Gasteiger partial charge on any atom is -0.461 e. The van der Waals surface area contributed by atoms with Crippen LogP contribution in [-0.4, -0.2) is 10.3 Å². The lowest BCUT2D eigenvalue weighted by Gasteiger charge is -2.19. The summed E-state index contributed by atoms with van der Waals surface area (Å²) < 4.78 is 8.73. The van der Waals surface area contributed by atoms with Crippen molar-refractivity contribution in [1.29, 1.82) is 0 Å². The number of hydrogen-bond donors (Lipinski definition) is 1. The number of rotatable bonds is 4. The number of fused-ring (bicyclic) bond motifs is 9. The van der Waals surface area contributed by atoms with Crippen LogP contribution in [0.5, 0.6) is 5.75 Å². The number of ether oxygens (including phenoxy) is 1. The van der Waals surface area contributed by atoms with Gasteiger partial charge in [0, 0.05) is 39.5 Å². The van der Waals surface area contributed by atoms with Crippen molar-refractivity contribution in [2.75, 3.05) is 0 Å². The van der Waals surface area contributed by atoms with Gasteiger partial charge in [0.1, 0.15) is 11.5 Å². The molecular formula is C49H33N3O. The van der Waals surface area contributed by atoms with Crippen LogP contribution in [0.25, 0.3) is 67.1 Å². The number of aliphatic imine (C=N–C) groups is 1. The predicted molar refractivity (Wildman–Crippen MR) is 219 cm³/mol. The summed E-state index contributed by atoms with van der Waals surface area (Å²) in [6, 6.07) is 45.1. The normalized spacial score (nSPS) is 17.7. The standard InChI is InChI=1S/C49H33N3O/c1-29(51-43-18-7-4-15-40(43)49(50)39-26-25-38-33-12-3-2-11-32(33)36-16-10-17-37(39)48(36)38)30-21-23-31(24-22-30)52-44-19-8-5-13-34(44)41-27-42-35-14-6-9-20-46(35)53-47(42)28-45(41)52/h2-26,28,42H,1,27,50H2/b49-40-,51-43-. The summed E-state index contributed by atoms with van der Waals surface area (Å²) >= 11 is 0. The molecule has 0 saturated heterocycles. The Morgan fingerprint density at radius 3 is 2.30 bits per heavy atom. The Bertz CT molecular complexity index is 2880. The summed E-state index contributed by atoms with van der Waals surface area (Å²) in [6.45, 7) is 4.42. The Labute approximate surface area is 307 Å². The highest BCUT2D eigenvalue weighted by atomic mass is 16.5. The van der Waals surface area contributed by atoms with E-state index in [4.69, 9.17) is 15.5 Å². The highest BCUT2D eigenvalue weighted by Gasteiger charge is 2.35. The minimum atomic E-state index is 0.244. The van der Waals surface area contributed by atoms with Gasteiger partial charge in [-0.25, -0.2) is 4.99 Å². The summed E-state index contributed by atoms with van der Waals surface area (Å²) in [5.74, 6) is 2.23. The average Bonchev–Trinajstić information content (AvgIpc) is 3.85. The van der Waals surface area contributed by atoms with Crippen molar-refractivity contribution in [2.45, 2.75) is 12.3 Å². The zero-order valence-electron chi connectivity index (χ0n) is 28.9. The van der Waals surface area contributed by atoms with Crippen molar-refractivity contribution < 1.29 is 4.74 Å². The first kappa shape index (κ1) is 29.8. The molecule has 6 aromatic carbocycles. The molecule has 2 heterocycles. The Balaban J connectivity index is 0.946. The summed E-state index contributed by atoms with van der Waals surface area (Å²) in [5, 5.41) is 3.68. The lowest BCUT2D eigenvalue weighted by molar-refractivity contribution is 0.429. The topological polar surface area (TPSA) is 52.5 Å². The van der Waals surface area contributed by atoms with Crippen molar-refractivity contribution in [1.82, 2.24) is 4.57 Å². The average molecular weight is 680 g/mol. The molecule has 0 bridgehead atoms. The van der Waals surface area contributed by atoms with E-state index in [9.17, 15) is 0 Å². The second-order valence-corrected chi connectivity index (χ2v) is 14.1. The smallest absolute Gasteiger partial charge is 0.130 e. The number of para-hydroxylation sites is 2. The van der Waals surface area contributed by atoms with Crippen LogP contribution in [0.15, 0.2) is 175 Å². The molecule has 1 atom stereocenters. The molecule has 1 unspecified atom stereocenters. The molecule has 11 rings (SSSR count). The van der Waals surface area contributed by atoms with Gasteiger partial charge >= 0.3 is 0 Å². The molecule has 0 amide bonds. The van der Waals surface area contributed by atoms with Crippen molar-refractivity contribution in [3.63, 3.8) is 0 Å². The molecule has 250 valence electrons. The highest BCUT2D eigenvalue weighted by Crippen LogP contribution is 2.50. The molecule has 53 heavy (non-hydrogen) atoms. The molecule has 4 nitrogen and oxygen atoms in total. The van der Waals surface area contributed by atoms with Gasteiger partial charge < -0.3 is 15.0 Å². The second-order valence-electron chi connectivity index (χ2n) is 14.1. The lowest BCUT2D eigenvalue weighted by atomic mass is 9.86. The fraction of sp³-hybridized carbons (Fsp3) is 0.0408. The van der Waals surface area contributed by atoms with E-state index in [2.05, 4.69) is 145 Å². The number of nitrogens with two attached hydrogens (primary N) is 1. The molecule has 1 aliphatic heterocycles. The van der Waals surface area contributed by atoms with Crippen LogP contribution >= 0.6 is 0 Å². The summed E-state index contributed by atoms with van der Waals surface area (Å²) in [7, 11) is 0. The molecule has 2 N–H and O–H groups in total. The van der Waals surface area contributed by atoms with E-state index in [-0.39, 0.29) is 5.92 Å². The first-order chi connectivity index (χ1) is 26.1. The highest BCUT2D eigenvalue weighted by molar-refractivity contribution is 6.21. The maximum Gasteiger partial charge on any atom is 0.130 e. The zero-order chi connectivity index (χ0) is 35.2. The minimum absolute atomic E-state index is 0.244. The van der Waals surface area contributed by atoms with Gasteiger partial charge in [0.2, 0.25) is 0 Å². The van der Waals surface area contributed by atoms with Crippen LogP contribution in [0.4, 0.5) is 0 Å². The molecule has 4 aliphatic rings. The third-order valence-corrected chi connectivity index (χ3v) is 11.3. The molecule has 0 spiro atoms. The van der Waals surface area contributed by atoms with Crippen LogP contribution in [0, 0.1) is 0 Å². The maximum absolute atomic E-state index is 7.07. The monoisotopic (exact) mass is 679 g/mol. The van der Waals surface area contributed by atoms with E-state index < -0.39 is 0 Å². The van der Waals surface area contributed by atoms with Crippen LogP contribution < -0.4 is 10.5 Å². The zero-order valence-corrected chi connectivity index (χ0v) is 28.9. The van der Waals surface area contributed by atoms with Gasteiger partial charge in [0.05, 0.1) is 28.5 Å². The van der Waals surface area contributed by atoms with Gasteiger partial charge in [0.25, 0.3) is 0 Å². The number of benzene rings is 6. The largest absolute Gasteiger partial charge is 0.461 e. The number of aromatic nitrogens is 1. The first-order valence-corrected chi connectivity index (χ1v) is 18.1. The Morgan fingerprint density at radius 1 is 0.717 bits per heavy atom. The third kappa shape index (κ3) is 4.39. The maximum atomic E-state index is 7.07. The van der Waals surface area contributed by atoms with Crippen LogP contribution in [0.3, 0.4) is 0 Å². The lowest BCUT2D eigenvalue weighted by Crippen LogP contribution is -2.10. The third-order valence-electron chi connectivity index (χ3n) is 11.3. The molecule has 0 radical (unpaired) electrons. The van der Waals surface area contributed by atoms with Crippen LogP contribution in [0.2, 0.25) is 0 Å². The van der Waals surface area contributed by atoms with Gasteiger partial charge in [0.15, 0.2) is 0 Å². The van der Waals surface area contributed by atoms with Gasteiger partial charge in [-0.1, -0.05) is 128 Å². The van der Waals surface area contributed by atoms with Crippen molar-refractivity contribution >= 4 is 44.9 Å². The molecule has 4 heteroatoms. The Kier molecular flexibility index (Phi) is 6.35. The fourth-order valence-electron chi connectivity index (χ4n) is 8.86. The molecule has 0 saturated carbocycles. The summed E-state index contributed by atoms with van der Waals surface area (Å²) in [4.78, 5) is 5.08. The van der Waals surface area contributed by atoms with E-state index in [1.165, 1.54) is 55.4 Å². The fourth-order valence-corrected chi connectivity index (χ4v) is 8.86. The number of hydrogen-bond acceptors (Lipinski definition) is 3. The van der Waals surface area contributed by atoms with Gasteiger partial charge in [-0.3, -0.25) is 0 Å². The Hall–Kier alpha value is -6.91. The van der Waals surface area contributed by atoms with Crippen molar-refractivity contribution in [3.05, 3.63) is 198 Å². The van der Waals surface area contributed by atoms with Crippen LogP contribution in [0.1, 0.15) is 33.9 Å². The first-order valence-electron chi connectivity index (χ1n) is 18.1. The SMILES string of the molecule is C=C(/N=C1/C=CC=C/C1=C(/N)c1ccc2c3c(cccc13)-c1ccccc1-2)c1ccc(-n2c3c(c4ccccc42)CC2C(=C3)Oc3ccccc32)cc1. The summed E-state index contributed by atoms with van der Waals surface area (Å²) in [6.07, 6.45) is 11.2. The molecular weight excluding hydrogens is 647 g/mol. The molecule has 0 fully saturated rings. The molecule has 3 aliphatic carbocycles. The van der Waals surface area contributed by atoms with E-state index in [1.54, 1.807) is 0 Å². The predicted octanol–water partition coefficient (Wildman–Crippen LogP) is 11.4. The molecule has 7 aromatic rings. The van der Waals surface area contributed by atoms with E-state index in [1.807, 2.05) is 24.3 Å². The Morgan fingerprint density at radius 2 is 1.43 bits per heavy atom. The van der Waals surface area contributed by atoms with E-state index in [0.717, 1.165) is 51.4 Å². The summed E-state index contributed by atoms with van der Waals surface area (Å²) in [5.41, 5.74) is 23.2. The quantitative estimate of drug-likeness (QED) is 0.201.